The van der Waals surface area contributed by atoms with Crippen LogP contribution in [0.25, 0.3) is 6.08 Å². The Balaban J connectivity index is 2.43. The lowest BCUT2D eigenvalue weighted by Gasteiger charge is -2.32. The van der Waals surface area contributed by atoms with Crippen LogP contribution in [0.4, 0.5) is 0 Å². The smallest absolute Gasteiger partial charge is 0.400 e. The lowest BCUT2D eigenvalue weighted by Crippen LogP contribution is -2.41. The molecule has 2 rings (SSSR count). The molecule has 1 fully saturated rings. The predicted octanol–water partition coefficient (Wildman–Crippen LogP) is 3.10. The van der Waals surface area contributed by atoms with E-state index in [0.29, 0.717) is 12.1 Å². The van der Waals surface area contributed by atoms with Crippen molar-refractivity contribution in [3.05, 3.63) is 40.4 Å². The van der Waals surface area contributed by atoms with Crippen LogP contribution >= 0.6 is 0 Å². The minimum absolute atomic E-state index is 0.381. The Morgan fingerprint density at radius 3 is 2.39 bits per heavy atom. The van der Waals surface area contributed by atoms with E-state index in [2.05, 4.69) is 11.4 Å². The number of likely N-dealkylation sites (N-methyl/N-ethyl adjacent to an activating group) is 1. The molecule has 1 aliphatic rings. The average molecular weight is 312 g/mol. The van der Waals surface area contributed by atoms with Gasteiger partial charge in [0.1, 0.15) is 0 Å². The first-order valence-electron chi connectivity index (χ1n) is 7.92. The molecule has 0 unspecified atom stereocenters. The van der Waals surface area contributed by atoms with Gasteiger partial charge in [-0.2, -0.15) is 5.26 Å². The first-order chi connectivity index (χ1) is 10.7. The lowest BCUT2D eigenvalue weighted by atomic mass is 9.76. The Morgan fingerprint density at radius 1 is 1.26 bits per heavy atom. The highest BCUT2D eigenvalue weighted by Crippen LogP contribution is 2.38. The summed E-state index contributed by atoms with van der Waals surface area (Å²) in [6.07, 6.45) is 2.02. The lowest BCUT2D eigenvalue weighted by molar-refractivity contribution is 0.00578. The van der Waals surface area contributed by atoms with Gasteiger partial charge in [-0.05, 0) is 64.3 Å². The van der Waals surface area contributed by atoms with Gasteiger partial charge in [-0.1, -0.05) is 18.2 Å². The molecule has 122 valence electrons. The standard InChI is InChI=1S/C18H25BN2O2/c1-13-8-7-9-14(11-20)16(13)10-15(12-21-6)19-22-17(2,3)18(4,5)23-19/h7-10,21H,12H2,1-6H3. The molecule has 4 nitrogen and oxygen atoms in total. The molecule has 1 N–H and O–H groups in total. The Morgan fingerprint density at radius 2 is 1.87 bits per heavy atom. The quantitative estimate of drug-likeness (QED) is 0.868. The molecule has 0 atom stereocenters. The number of nitrogens with one attached hydrogen (secondary N) is 1. The zero-order valence-electron chi connectivity index (χ0n) is 14.9. The van der Waals surface area contributed by atoms with Crippen molar-refractivity contribution in [1.82, 2.24) is 5.32 Å². The van der Waals surface area contributed by atoms with E-state index < -0.39 is 7.12 Å². The van der Waals surface area contributed by atoms with Crippen LogP contribution in [0.1, 0.15) is 44.4 Å². The highest BCUT2D eigenvalue weighted by molar-refractivity contribution is 6.56. The zero-order valence-corrected chi connectivity index (χ0v) is 14.9. The van der Waals surface area contributed by atoms with E-state index in [1.54, 1.807) is 0 Å². The van der Waals surface area contributed by atoms with E-state index in [1.165, 1.54) is 0 Å². The maximum absolute atomic E-state index is 9.36. The van der Waals surface area contributed by atoms with Gasteiger partial charge in [-0.15, -0.1) is 0 Å². The van der Waals surface area contributed by atoms with Crippen LogP contribution in [0.5, 0.6) is 0 Å². The largest absolute Gasteiger partial charge is 0.491 e. The number of rotatable bonds is 4. The van der Waals surface area contributed by atoms with Gasteiger partial charge in [0, 0.05) is 6.54 Å². The fourth-order valence-electron chi connectivity index (χ4n) is 2.56. The van der Waals surface area contributed by atoms with E-state index in [1.807, 2.05) is 65.9 Å². The van der Waals surface area contributed by atoms with Crippen molar-refractivity contribution in [1.29, 1.82) is 5.26 Å². The molecule has 0 spiro atoms. The summed E-state index contributed by atoms with van der Waals surface area (Å²) in [5.41, 5.74) is 2.87. The maximum Gasteiger partial charge on any atom is 0.491 e. The van der Waals surface area contributed by atoms with Crippen LogP contribution in [0.15, 0.2) is 23.7 Å². The van der Waals surface area contributed by atoms with E-state index in [9.17, 15) is 5.26 Å². The number of hydrogen-bond donors (Lipinski definition) is 1. The van der Waals surface area contributed by atoms with Crippen molar-refractivity contribution in [3.63, 3.8) is 0 Å². The molecule has 0 aromatic heterocycles. The first kappa shape index (κ1) is 17.7. The van der Waals surface area contributed by atoms with Crippen LogP contribution in [0, 0.1) is 18.3 Å². The van der Waals surface area contributed by atoms with Crippen molar-refractivity contribution in [2.24, 2.45) is 0 Å². The second-order valence-corrected chi connectivity index (χ2v) is 6.99. The highest BCUT2D eigenvalue weighted by atomic mass is 16.7. The van der Waals surface area contributed by atoms with Crippen molar-refractivity contribution in [2.75, 3.05) is 13.6 Å². The first-order valence-corrected chi connectivity index (χ1v) is 7.92. The molecule has 0 aliphatic carbocycles. The third-order valence-corrected chi connectivity index (χ3v) is 4.71. The van der Waals surface area contributed by atoms with Crippen molar-refractivity contribution in [2.45, 2.75) is 45.8 Å². The van der Waals surface area contributed by atoms with E-state index in [-0.39, 0.29) is 11.2 Å². The number of nitriles is 1. The fraction of sp³-hybridized carbons (Fsp3) is 0.500. The van der Waals surface area contributed by atoms with Crippen LogP contribution in [0.2, 0.25) is 0 Å². The number of hydrogen-bond acceptors (Lipinski definition) is 4. The molecule has 0 saturated carbocycles. The molecule has 1 heterocycles. The minimum Gasteiger partial charge on any atom is -0.400 e. The summed E-state index contributed by atoms with van der Waals surface area (Å²) in [4.78, 5) is 0. The molecule has 23 heavy (non-hydrogen) atoms. The summed E-state index contributed by atoms with van der Waals surface area (Å²) in [5.74, 6) is 0. The Labute approximate surface area is 139 Å². The summed E-state index contributed by atoms with van der Waals surface area (Å²) in [7, 11) is 1.47. The van der Waals surface area contributed by atoms with E-state index in [0.717, 1.165) is 16.6 Å². The summed E-state index contributed by atoms with van der Waals surface area (Å²) in [6.45, 7) is 10.8. The Kier molecular flexibility index (Phi) is 5.00. The van der Waals surface area contributed by atoms with E-state index >= 15 is 0 Å². The Bertz CT molecular complexity index is 643. The second-order valence-electron chi connectivity index (χ2n) is 6.99. The van der Waals surface area contributed by atoms with Gasteiger partial charge in [-0.25, -0.2) is 0 Å². The van der Waals surface area contributed by atoms with Crippen LogP contribution in [0.3, 0.4) is 0 Å². The molecule has 5 heteroatoms. The van der Waals surface area contributed by atoms with Gasteiger partial charge < -0.3 is 14.6 Å². The number of nitrogens with zero attached hydrogens (tertiary/aromatic N) is 1. The molecule has 1 aromatic carbocycles. The summed E-state index contributed by atoms with van der Waals surface area (Å²) < 4.78 is 12.3. The van der Waals surface area contributed by atoms with Gasteiger partial charge in [0.2, 0.25) is 0 Å². The zero-order chi connectivity index (χ0) is 17.3. The van der Waals surface area contributed by atoms with Crippen LogP contribution < -0.4 is 5.32 Å². The average Bonchev–Trinajstić information content (AvgIpc) is 2.68. The molecular formula is C18H25BN2O2. The van der Waals surface area contributed by atoms with Crippen LogP contribution in [-0.4, -0.2) is 31.9 Å². The van der Waals surface area contributed by atoms with Gasteiger partial charge in [-0.3, -0.25) is 0 Å². The molecule has 1 aromatic rings. The predicted molar refractivity (Wildman–Crippen MR) is 93.9 cm³/mol. The normalized spacial score (nSPS) is 19.7. The van der Waals surface area contributed by atoms with Crippen LogP contribution in [-0.2, 0) is 9.31 Å². The number of aryl methyl sites for hydroxylation is 1. The van der Waals surface area contributed by atoms with Gasteiger partial charge in [0.25, 0.3) is 0 Å². The third kappa shape index (κ3) is 3.50. The fourth-order valence-corrected chi connectivity index (χ4v) is 2.56. The minimum atomic E-state index is -0.418. The monoisotopic (exact) mass is 312 g/mol. The topological polar surface area (TPSA) is 54.3 Å². The molecule has 1 saturated heterocycles. The van der Waals surface area contributed by atoms with Gasteiger partial charge >= 0.3 is 7.12 Å². The third-order valence-electron chi connectivity index (χ3n) is 4.71. The maximum atomic E-state index is 9.36. The second kappa shape index (κ2) is 6.49. The van der Waals surface area contributed by atoms with E-state index in [4.69, 9.17) is 9.31 Å². The summed E-state index contributed by atoms with van der Waals surface area (Å²) >= 11 is 0. The van der Waals surface area contributed by atoms with Gasteiger partial charge in [0.15, 0.2) is 0 Å². The van der Waals surface area contributed by atoms with Gasteiger partial charge in [0.05, 0.1) is 22.8 Å². The molecular weight excluding hydrogens is 287 g/mol. The molecule has 0 radical (unpaired) electrons. The Hall–Kier alpha value is -1.61. The number of benzene rings is 1. The molecule has 1 aliphatic heterocycles. The summed E-state index contributed by atoms with van der Waals surface area (Å²) in [5, 5.41) is 12.5. The van der Waals surface area contributed by atoms with Crippen molar-refractivity contribution < 1.29 is 9.31 Å². The molecule has 0 bridgehead atoms. The summed E-state index contributed by atoms with van der Waals surface area (Å²) in [6, 6.07) is 8.00. The molecule has 0 amide bonds. The van der Waals surface area contributed by atoms with Crippen molar-refractivity contribution in [3.8, 4) is 6.07 Å². The van der Waals surface area contributed by atoms with Crippen molar-refractivity contribution >= 4 is 13.2 Å². The SMILES string of the molecule is CNCC(=Cc1c(C)cccc1C#N)B1OC(C)(C)C(C)(C)O1. The highest BCUT2D eigenvalue weighted by Gasteiger charge is 2.52.